The summed E-state index contributed by atoms with van der Waals surface area (Å²) in [5.41, 5.74) is 0.599. The number of nitrogens with one attached hydrogen (secondary N) is 1. The van der Waals surface area contributed by atoms with Crippen LogP contribution in [0.3, 0.4) is 0 Å². The molecule has 2 aromatic rings. The van der Waals surface area contributed by atoms with Gasteiger partial charge in [-0.1, -0.05) is 6.07 Å². The van der Waals surface area contributed by atoms with E-state index in [0.717, 1.165) is 9.56 Å². The zero-order chi connectivity index (χ0) is 20.8. The minimum Gasteiger partial charge on any atom is -0.363 e. The molecule has 0 aliphatic carbocycles. The highest BCUT2D eigenvalue weighted by molar-refractivity contribution is 7.89. The molecule has 1 N–H and O–H groups in total. The molecular formula is C18H23F3N4O2S2. The summed E-state index contributed by atoms with van der Waals surface area (Å²) in [6, 6.07) is 3.29. The van der Waals surface area contributed by atoms with Gasteiger partial charge in [0.2, 0.25) is 10.0 Å². The van der Waals surface area contributed by atoms with Crippen molar-refractivity contribution in [1.82, 2.24) is 14.1 Å². The van der Waals surface area contributed by atoms with Crippen LogP contribution in [0, 0.1) is 0 Å². The lowest BCUT2D eigenvalue weighted by Crippen LogP contribution is -2.38. The molecule has 2 aromatic heterocycles. The van der Waals surface area contributed by atoms with E-state index in [1.165, 1.54) is 15.6 Å². The Balaban J connectivity index is 1.57. The van der Waals surface area contributed by atoms with E-state index in [2.05, 4.69) is 10.4 Å². The summed E-state index contributed by atoms with van der Waals surface area (Å²) < 4.78 is 67.8. The highest BCUT2D eigenvalue weighted by Crippen LogP contribution is 2.45. The third kappa shape index (κ3) is 4.04. The highest BCUT2D eigenvalue weighted by Gasteiger charge is 2.47. The Kier molecular flexibility index (Phi) is 5.41. The SMILES string of the molecule is CCS(=O)(=O)N1CCC(c2cc3n(n2)[C@@H](C(F)(F)F)C[C@@H](c2cccs2)N3)CC1. The Hall–Kier alpha value is -1.59. The van der Waals surface area contributed by atoms with Gasteiger partial charge >= 0.3 is 6.18 Å². The van der Waals surface area contributed by atoms with Crippen molar-refractivity contribution < 1.29 is 21.6 Å². The van der Waals surface area contributed by atoms with Gasteiger partial charge in [0.25, 0.3) is 0 Å². The van der Waals surface area contributed by atoms with Gasteiger partial charge in [0.1, 0.15) is 5.82 Å². The molecule has 29 heavy (non-hydrogen) atoms. The average molecular weight is 449 g/mol. The Bertz CT molecular complexity index is 948. The number of rotatable bonds is 4. The van der Waals surface area contributed by atoms with Crippen molar-refractivity contribution in [2.75, 3.05) is 24.2 Å². The zero-order valence-electron chi connectivity index (χ0n) is 15.9. The van der Waals surface area contributed by atoms with Gasteiger partial charge in [-0.2, -0.15) is 18.3 Å². The molecule has 1 fully saturated rings. The number of alkyl halides is 3. The third-order valence-corrected chi connectivity index (χ3v) is 8.59. The minimum absolute atomic E-state index is 0.0488. The first-order valence-corrected chi connectivity index (χ1v) is 12.1. The number of hydrogen-bond donors (Lipinski definition) is 1. The second kappa shape index (κ2) is 7.59. The summed E-state index contributed by atoms with van der Waals surface area (Å²) in [5.74, 6) is 0.375. The van der Waals surface area contributed by atoms with E-state index < -0.39 is 28.3 Å². The number of aromatic nitrogens is 2. The Morgan fingerprint density at radius 2 is 2.03 bits per heavy atom. The van der Waals surface area contributed by atoms with Crippen molar-refractivity contribution in [1.29, 1.82) is 0 Å². The smallest absolute Gasteiger partial charge is 0.363 e. The number of fused-ring (bicyclic) bond motifs is 1. The molecule has 4 heterocycles. The monoisotopic (exact) mass is 448 g/mol. The van der Waals surface area contributed by atoms with E-state index in [-0.39, 0.29) is 18.1 Å². The van der Waals surface area contributed by atoms with Crippen LogP contribution in [0.25, 0.3) is 0 Å². The largest absolute Gasteiger partial charge is 0.410 e. The number of piperidine rings is 1. The number of sulfonamides is 1. The lowest BCUT2D eigenvalue weighted by molar-refractivity contribution is -0.173. The number of nitrogens with zero attached hydrogens (tertiary/aromatic N) is 3. The molecule has 0 saturated carbocycles. The molecule has 0 aromatic carbocycles. The highest BCUT2D eigenvalue weighted by atomic mass is 32.2. The van der Waals surface area contributed by atoms with E-state index in [0.29, 0.717) is 37.4 Å². The first-order chi connectivity index (χ1) is 13.7. The quantitative estimate of drug-likeness (QED) is 0.764. The fourth-order valence-electron chi connectivity index (χ4n) is 4.08. The van der Waals surface area contributed by atoms with E-state index in [4.69, 9.17) is 0 Å². The number of anilines is 1. The Morgan fingerprint density at radius 3 is 2.62 bits per heavy atom. The predicted octanol–water partition coefficient (Wildman–Crippen LogP) is 4.13. The molecule has 0 unspecified atom stereocenters. The van der Waals surface area contributed by atoms with Gasteiger partial charge in [0.05, 0.1) is 17.5 Å². The maximum absolute atomic E-state index is 13.7. The molecule has 0 radical (unpaired) electrons. The van der Waals surface area contributed by atoms with Gasteiger partial charge in [-0.15, -0.1) is 11.3 Å². The van der Waals surface area contributed by atoms with Crippen LogP contribution >= 0.6 is 11.3 Å². The Morgan fingerprint density at radius 1 is 1.31 bits per heavy atom. The molecule has 6 nitrogen and oxygen atoms in total. The van der Waals surface area contributed by atoms with Gasteiger partial charge in [-0.3, -0.25) is 0 Å². The summed E-state index contributed by atoms with van der Waals surface area (Å²) in [6.45, 7) is 2.35. The van der Waals surface area contributed by atoms with Gasteiger partial charge in [0.15, 0.2) is 6.04 Å². The standard InChI is InChI=1S/C18H23F3N4O2S2/c1-2-29(26,27)24-7-5-12(6-8-24)13-11-17-22-14(15-4-3-9-28-15)10-16(18(19,20)21)25(17)23-13/h3-4,9,11-12,14,16,22H,2,5-8,10H2,1H3/t14-,16+/m0/s1. The maximum atomic E-state index is 13.7. The fraction of sp³-hybridized carbons (Fsp3) is 0.611. The van der Waals surface area contributed by atoms with E-state index in [1.807, 2.05) is 17.5 Å². The van der Waals surface area contributed by atoms with Crippen molar-refractivity contribution in [2.45, 2.75) is 50.4 Å². The van der Waals surface area contributed by atoms with E-state index >= 15 is 0 Å². The fourth-order valence-corrected chi connectivity index (χ4v) is 6.00. The second-order valence-electron chi connectivity index (χ2n) is 7.48. The average Bonchev–Trinajstić information content (AvgIpc) is 3.36. The zero-order valence-corrected chi connectivity index (χ0v) is 17.5. The normalized spacial score (nSPS) is 24.3. The van der Waals surface area contributed by atoms with Gasteiger partial charge in [-0.05, 0) is 31.2 Å². The second-order valence-corrected chi connectivity index (χ2v) is 10.7. The van der Waals surface area contributed by atoms with Crippen LogP contribution < -0.4 is 5.32 Å². The predicted molar refractivity (Wildman–Crippen MR) is 106 cm³/mol. The van der Waals surface area contributed by atoms with Crippen molar-refractivity contribution in [3.05, 3.63) is 34.2 Å². The lowest BCUT2D eigenvalue weighted by atomic mass is 9.95. The van der Waals surface area contributed by atoms with E-state index in [1.54, 1.807) is 13.0 Å². The molecule has 4 rings (SSSR count). The number of thiophene rings is 1. The van der Waals surface area contributed by atoms with E-state index in [9.17, 15) is 21.6 Å². The van der Waals surface area contributed by atoms with Crippen molar-refractivity contribution >= 4 is 27.2 Å². The molecule has 0 spiro atoms. The van der Waals surface area contributed by atoms with Gasteiger partial charge in [-0.25, -0.2) is 17.4 Å². The van der Waals surface area contributed by atoms with Crippen LogP contribution in [0.1, 0.15) is 54.8 Å². The molecule has 0 bridgehead atoms. The molecule has 2 atom stereocenters. The van der Waals surface area contributed by atoms with Crippen LogP contribution in [-0.4, -0.2) is 47.5 Å². The molecule has 1 saturated heterocycles. The summed E-state index contributed by atoms with van der Waals surface area (Å²) in [5, 5.41) is 9.38. The molecule has 2 aliphatic heterocycles. The van der Waals surface area contributed by atoms with Crippen molar-refractivity contribution in [3.63, 3.8) is 0 Å². The topological polar surface area (TPSA) is 67.2 Å². The summed E-state index contributed by atoms with van der Waals surface area (Å²) in [4.78, 5) is 0.867. The molecule has 0 amide bonds. The van der Waals surface area contributed by atoms with Crippen LogP contribution in [0.15, 0.2) is 23.6 Å². The van der Waals surface area contributed by atoms with Crippen LogP contribution in [0.5, 0.6) is 0 Å². The van der Waals surface area contributed by atoms with Crippen molar-refractivity contribution in [2.24, 2.45) is 0 Å². The molecule has 160 valence electrons. The first-order valence-electron chi connectivity index (χ1n) is 9.63. The van der Waals surface area contributed by atoms with Gasteiger partial charge in [0, 0.05) is 36.4 Å². The van der Waals surface area contributed by atoms with Crippen molar-refractivity contribution in [3.8, 4) is 0 Å². The molecule has 11 heteroatoms. The summed E-state index contributed by atoms with van der Waals surface area (Å²) in [7, 11) is -3.24. The molecular weight excluding hydrogens is 425 g/mol. The summed E-state index contributed by atoms with van der Waals surface area (Å²) >= 11 is 1.43. The number of halogens is 3. The third-order valence-electron chi connectivity index (χ3n) is 5.73. The minimum atomic E-state index is -4.39. The van der Waals surface area contributed by atoms with Gasteiger partial charge < -0.3 is 5.32 Å². The number of hydrogen-bond acceptors (Lipinski definition) is 5. The van der Waals surface area contributed by atoms with Crippen LogP contribution in [0.2, 0.25) is 0 Å². The maximum Gasteiger partial charge on any atom is 0.410 e. The first kappa shape index (κ1) is 20.7. The Labute approximate surface area is 171 Å². The van der Waals surface area contributed by atoms with Crippen LogP contribution in [-0.2, 0) is 10.0 Å². The summed E-state index contributed by atoms with van der Waals surface area (Å²) in [6.07, 6.45) is -3.39. The van der Waals surface area contributed by atoms with Crippen LogP contribution in [0.4, 0.5) is 19.0 Å². The lowest BCUT2D eigenvalue weighted by Gasteiger charge is -2.32. The molecule has 2 aliphatic rings.